The number of aromatic nitrogens is 6. The first-order valence-electron chi connectivity index (χ1n) is 10.2. The van der Waals surface area contributed by atoms with Gasteiger partial charge >= 0.3 is 0 Å². The standard InChI is InChI=1S/C20H23N9O/c1-20(9-21)10-29(11-20)14-4-2-13(3-5-14)24-18(30)17-16-15(8-23-27-16)25-19(26-17)28-7-6-22-12-28/h6-8,12-14H,2-5,10-11H2,1H3,(H,23,27)(H,24,30). The molecule has 0 atom stereocenters. The van der Waals surface area contributed by atoms with E-state index in [2.05, 4.69) is 41.4 Å². The third kappa shape index (κ3) is 3.31. The molecule has 0 bridgehead atoms. The first-order valence-corrected chi connectivity index (χ1v) is 10.2. The normalized spacial score (nSPS) is 23.6. The fourth-order valence-corrected chi connectivity index (χ4v) is 4.50. The van der Waals surface area contributed by atoms with Crippen molar-refractivity contribution in [2.24, 2.45) is 5.41 Å². The second-order valence-corrected chi connectivity index (χ2v) is 8.53. The summed E-state index contributed by atoms with van der Waals surface area (Å²) in [5.74, 6) is 0.158. The van der Waals surface area contributed by atoms with Gasteiger partial charge in [-0.2, -0.15) is 10.4 Å². The van der Waals surface area contributed by atoms with Crippen molar-refractivity contribution in [2.45, 2.75) is 44.7 Å². The van der Waals surface area contributed by atoms with Gasteiger partial charge in [-0.25, -0.2) is 15.0 Å². The van der Waals surface area contributed by atoms with Gasteiger partial charge in [0.05, 0.1) is 17.7 Å². The van der Waals surface area contributed by atoms with Crippen LogP contribution in [0.15, 0.2) is 24.9 Å². The van der Waals surface area contributed by atoms with Crippen molar-refractivity contribution in [3.8, 4) is 12.0 Å². The highest BCUT2D eigenvalue weighted by atomic mass is 16.2. The molecule has 10 heteroatoms. The van der Waals surface area contributed by atoms with Crippen molar-refractivity contribution >= 4 is 16.9 Å². The third-order valence-electron chi connectivity index (χ3n) is 6.16. The van der Waals surface area contributed by atoms with Crippen molar-refractivity contribution in [3.63, 3.8) is 0 Å². The molecule has 0 radical (unpaired) electrons. The van der Waals surface area contributed by atoms with Crippen LogP contribution in [0, 0.1) is 16.7 Å². The van der Waals surface area contributed by atoms with Crippen LogP contribution in [-0.4, -0.2) is 65.7 Å². The van der Waals surface area contributed by atoms with Crippen molar-refractivity contribution in [1.29, 1.82) is 5.26 Å². The van der Waals surface area contributed by atoms with Gasteiger partial charge in [0.1, 0.15) is 17.4 Å². The molecule has 1 saturated heterocycles. The molecule has 0 aromatic carbocycles. The fraction of sp³-hybridized carbons (Fsp3) is 0.500. The van der Waals surface area contributed by atoms with Crippen LogP contribution in [0.2, 0.25) is 0 Å². The average Bonchev–Trinajstić information content (AvgIpc) is 3.43. The molecule has 2 fully saturated rings. The predicted molar refractivity (Wildman–Crippen MR) is 108 cm³/mol. The highest BCUT2D eigenvalue weighted by molar-refractivity contribution is 6.02. The van der Waals surface area contributed by atoms with Crippen LogP contribution in [0.5, 0.6) is 0 Å². The van der Waals surface area contributed by atoms with E-state index in [1.54, 1.807) is 29.5 Å². The molecule has 10 nitrogen and oxygen atoms in total. The Bertz CT molecular complexity index is 1100. The molecular formula is C20H23N9O. The Balaban J connectivity index is 1.26. The topological polar surface area (TPSA) is 128 Å². The van der Waals surface area contributed by atoms with Gasteiger partial charge in [-0.15, -0.1) is 0 Å². The van der Waals surface area contributed by atoms with E-state index in [0.717, 1.165) is 38.8 Å². The summed E-state index contributed by atoms with van der Waals surface area (Å²) in [6.07, 6.45) is 10.4. The molecule has 30 heavy (non-hydrogen) atoms. The molecule has 1 aliphatic heterocycles. The molecule has 0 unspecified atom stereocenters. The molecule has 5 rings (SSSR count). The van der Waals surface area contributed by atoms with Crippen LogP contribution in [-0.2, 0) is 0 Å². The van der Waals surface area contributed by atoms with E-state index in [4.69, 9.17) is 0 Å². The lowest BCUT2D eigenvalue weighted by Gasteiger charge is -2.49. The summed E-state index contributed by atoms with van der Waals surface area (Å²) >= 11 is 0. The maximum absolute atomic E-state index is 13.0. The van der Waals surface area contributed by atoms with Gasteiger partial charge in [-0.1, -0.05) is 0 Å². The Morgan fingerprint density at radius 3 is 2.80 bits per heavy atom. The van der Waals surface area contributed by atoms with Gasteiger partial charge in [0.2, 0.25) is 5.95 Å². The van der Waals surface area contributed by atoms with Crippen molar-refractivity contribution in [3.05, 3.63) is 30.6 Å². The maximum Gasteiger partial charge on any atom is 0.272 e. The van der Waals surface area contributed by atoms with E-state index in [1.165, 1.54) is 0 Å². The predicted octanol–water partition coefficient (Wildman–Crippen LogP) is 1.43. The van der Waals surface area contributed by atoms with Gasteiger partial charge in [0.25, 0.3) is 5.91 Å². The Labute approximate surface area is 173 Å². The van der Waals surface area contributed by atoms with Crippen LogP contribution < -0.4 is 5.32 Å². The summed E-state index contributed by atoms with van der Waals surface area (Å²) in [4.78, 5) is 28.4. The Morgan fingerprint density at radius 2 is 2.10 bits per heavy atom. The number of nitrogens with zero attached hydrogens (tertiary/aromatic N) is 7. The third-order valence-corrected chi connectivity index (χ3v) is 6.16. The molecule has 2 N–H and O–H groups in total. The molecule has 2 aliphatic rings. The number of carbonyl (C=O) groups excluding carboxylic acids is 1. The number of fused-ring (bicyclic) bond motifs is 1. The van der Waals surface area contributed by atoms with E-state index in [9.17, 15) is 10.1 Å². The van der Waals surface area contributed by atoms with Gasteiger partial charge in [-0.3, -0.25) is 19.4 Å². The summed E-state index contributed by atoms with van der Waals surface area (Å²) in [6, 6.07) is 3.02. The van der Waals surface area contributed by atoms with E-state index in [1.807, 2.05) is 6.92 Å². The van der Waals surface area contributed by atoms with Crippen molar-refractivity contribution < 1.29 is 4.79 Å². The van der Waals surface area contributed by atoms with Gasteiger partial charge < -0.3 is 5.32 Å². The van der Waals surface area contributed by atoms with Gasteiger partial charge in [-0.05, 0) is 32.6 Å². The minimum Gasteiger partial charge on any atom is -0.348 e. The lowest BCUT2D eigenvalue weighted by atomic mass is 9.79. The number of nitriles is 1. The first kappa shape index (κ1) is 18.7. The quantitative estimate of drug-likeness (QED) is 0.672. The summed E-state index contributed by atoms with van der Waals surface area (Å²) < 4.78 is 1.66. The zero-order chi connectivity index (χ0) is 20.7. The van der Waals surface area contributed by atoms with E-state index in [-0.39, 0.29) is 23.1 Å². The summed E-state index contributed by atoms with van der Waals surface area (Å²) in [7, 11) is 0. The monoisotopic (exact) mass is 405 g/mol. The molecule has 4 heterocycles. The number of rotatable bonds is 4. The second kappa shape index (κ2) is 7.18. The zero-order valence-electron chi connectivity index (χ0n) is 16.7. The first-order chi connectivity index (χ1) is 14.5. The number of hydrogen-bond donors (Lipinski definition) is 2. The minimum absolute atomic E-state index is 0.113. The Morgan fingerprint density at radius 1 is 1.30 bits per heavy atom. The average molecular weight is 405 g/mol. The van der Waals surface area contributed by atoms with E-state index < -0.39 is 0 Å². The Kier molecular flexibility index (Phi) is 4.47. The van der Waals surface area contributed by atoms with Crippen LogP contribution in [0.3, 0.4) is 0 Å². The number of imidazole rings is 1. The van der Waals surface area contributed by atoms with Crippen LogP contribution >= 0.6 is 0 Å². The molecule has 3 aromatic heterocycles. The Hall–Kier alpha value is -3.32. The number of likely N-dealkylation sites (tertiary alicyclic amines) is 1. The number of carbonyl (C=O) groups is 1. The minimum atomic E-state index is -0.225. The zero-order valence-corrected chi connectivity index (χ0v) is 16.7. The highest BCUT2D eigenvalue weighted by Gasteiger charge is 2.43. The number of hydrogen-bond acceptors (Lipinski definition) is 7. The summed E-state index contributed by atoms with van der Waals surface area (Å²) in [5, 5.41) is 19.2. The van der Waals surface area contributed by atoms with Crippen molar-refractivity contribution in [2.75, 3.05) is 13.1 Å². The van der Waals surface area contributed by atoms with Gasteiger partial charge in [0.15, 0.2) is 5.69 Å². The van der Waals surface area contributed by atoms with Crippen molar-refractivity contribution in [1.82, 2.24) is 39.9 Å². The lowest BCUT2D eigenvalue weighted by molar-refractivity contribution is 0.00181. The van der Waals surface area contributed by atoms with Gasteiger partial charge in [0, 0.05) is 37.6 Å². The number of amides is 1. The molecule has 1 aliphatic carbocycles. The molecule has 3 aromatic rings. The lowest BCUT2D eigenvalue weighted by Crippen LogP contribution is -2.59. The highest BCUT2D eigenvalue weighted by Crippen LogP contribution is 2.35. The molecule has 0 spiro atoms. The molecular weight excluding hydrogens is 382 g/mol. The fourth-order valence-electron chi connectivity index (χ4n) is 4.50. The SMILES string of the molecule is CC1(C#N)CN(C2CCC(NC(=O)c3nc(-n4ccnc4)nc4cn[nH]c34)CC2)C1. The number of nitrogens with one attached hydrogen (secondary N) is 2. The summed E-state index contributed by atoms with van der Waals surface area (Å²) in [6.45, 7) is 3.72. The van der Waals surface area contributed by atoms with Crippen LogP contribution in [0.4, 0.5) is 0 Å². The molecule has 1 amide bonds. The van der Waals surface area contributed by atoms with E-state index in [0.29, 0.717) is 23.0 Å². The number of H-pyrrole nitrogens is 1. The maximum atomic E-state index is 13.0. The second-order valence-electron chi connectivity index (χ2n) is 8.53. The number of aromatic amines is 1. The smallest absolute Gasteiger partial charge is 0.272 e. The molecule has 1 saturated carbocycles. The van der Waals surface area contributed by atoms with Crippen LogP contribution in [0.25, 0.3) is 17.0 Å². The molecule has 154 valence electrons. The largest absolute Gasteiger partial charge is 0.348 e. The summed E-state index contributed by atoms with van der Waals surface area (Å²) in [5.41, 5.74) is 1.21. The van der Waals surface area contributed by atoms with E-state index >= 15 is 0 Å². The van der Waals surface area contributed by atoms with Crippen LogP contribution in [0.1, 0.15) is 43.1 Å².